The van der Waals surface area contributed by atoms with E-state index >= 15 is 0 Å². The molecular formula is C9H16F6NOPS. The average molecular weight is 331 g/mol. The Morgan fingerprint density at radius 3 is 2.05 bits per heavy atom. The fourth-order valence-electron chi connectivity index (χ4n) is 1.25. The van der Waals surface area contributed by atoms with E-state index in [0.29, 0.717) is 0 Å². The van der Waals surface area contributed by atoms with Crippen LogP contribution in [-0.2, 0) is 13.0 Å². The van der Waals surface area contributed by atoms with E-state index < -0.39 is 7.81 Å². The summed E-state index contributed by atoms with van der Waals surface area (Å²) in [5.41, 5.74) is 3.46. The standard InChI is InChI=1S/C9H16NOS.F6P/c1-3-5-10-7-12-9(4-6-11)8(10)2;1-7(2,3,4,5)6/h7,11H,3-6H2,1-2H3;/q+1;-1. The summed E-state index contributed by atoms with van der Waals surface area (Å²) in [6.45, 7) is 5.65. The molecule has 0 unspecified atom stereocenters. The first-order valence-corrected chi connectivity index (χ1v) is 8.29. The van der Waals surface area contributed by atoms with Crippen LogP contribution in [0.4, 0.5) is 25.2 Å². The number of aryl methyl sites for hydroxylation is 1. The van der Waals surface area contributed by atoms with Gasteiger partial charge in [-0.15, -0.1) is 0 Å². The molecule has 0 atom stereocenters. The molecule has 0 aliphatic heterocycles. The first-order chi connectivity index (χ1) is 8.24. The Kier molecular flexibility index (Phi) is 5.42. The number of aliphatic hydroxyl groups is 1. The Morgan fingerprint density at radius 1 is 1.21 bits per heavy atom. The van der Waals surface area contributed by atoms with Gasteiger partial charge in [0, 0.05) is 26.4 Å². The van der Waals surface area contributed by atoms with E-state index in [0.717, 1.165) is 13.0 Å². The number of halogens is 6. The maximum absolute atomic E-state index is 10.7. The van der Waals surface area contributed by atoms with Crippen LogP contribution in [0.25, 0.3) is 0 Å². The molecule has 0 aliphatic rings. The molecule has 1 N–H and O–H groups in total. The molecule has 19 heavy (non-hydrogen) atoms. The van der Waals surface area contributed by atoms with Gasteiger partial charge in [0.05, 0.1) is 4.88 Å². The summed E-state index contributed by atoms with van der Waals surface area (Å²) in [6, 6.07) is 0. The number of nitrogens with zero attached hydrogens (tertiary/aromatic N) is 1. The number of rotatable bonds is 4. The van der Waals surface area contributed by atoms with Crippen LogP contribution in [0.15, 0.2) is 5.51 Å². The number of thiazole rings is 1. The van der Waals surface area contributed by atoms with Crippen molar-refractivity contribution in [1.29, 1.82) is 0 Å². The molecule has 0 fully saturated rings. The van der Waals surface area contributed by atoms with E-state index in [-0.39, 0.29) is 6.61 Å². The topological polar surface area (TPSA) is 24.1 Å². The summed E-state index contributed by atoms with van der Waals surface area (Å²) in [6.07, 6.45) is 1.97. The fraction of sp³-hybridized carbons (Fsp3) is 0.667. The van der Waals surface area contributed by atoms with Crippen LogP contribution in [0.3, 0.4) is 0 Å². The second-order valence-electron chi connectivity index (χ2n) is 3.86. The predicted molar refractivity (Wildman–Crippen MR) is 63.9 cm³/mol. The van der Waals surface area contributed by atoms with Crippen molar-refractivity contribution in [3.05, 3.63) is 16.1 Å². The van der Waals surface area contributed by atoms with Gasteiger partial charge in [-0.3, -0.25) is 0 Å². The molecule has 10 heteroatoms. The first kappa shape index (κ1) is 18.6. The molecule has 0 aliphatic carbocycles. The molecule has 0 bridgehead atoms. The Morgan fingerprint density at radius 2 is 1.68 bits per heavy atom. The molecule has 0 saturated heterocycles. The SMILES string of the molecule is CCC[n+]1csc(CCO)c1C.F[P-](F)(F)(F)(F)F. The van der Waals surface area contributed by atoms with Gasteiger partial charge in [-0.25, -0.2) is 0 Å². The molecule has 1 rings (SSSR count). The maximum atomic E-state index is 9.87. The van der Waals surface area contributed by atoms with Gasteiger partial charge in [0.15, 0.2) is 5.69 Å². The molecule has 0 amide bonds. The number of hydrogen-bond donors (Lipinski definition) is 1. The molecular weight excluding hydrogens is 315 g/mol. The van der Waals surface area contributed by atoms with Gasteiger partial charge >= 0.3 is 33.0 Å². The van der Waals surface area contributed by atoms with Crippen molar-refractivity contribution in [2.75, 3.05) is 6.61 Å². The molecule has 1 aromatic heterocycles. The molecule has 116 valence electrons. The van der Waals surface area contributed by atoms with Gasteiger partial charge in [0.1, 0.15) is 6.54 Å². The first-order valence-electron chi connectivity index (χ1n) is 5.38. The average Bonchev–Trinajstić information content (AvgIpc) is 2.46. The summed E-state index contributed by atoms with van der Waals surface area (Å²) in [4.78, 5) is 1.31. The fourth-order valence-corrected chi connectivity index (χ4v) is 2.27. The number of aromatic nitrogens is 1. The van der Waals surface area contributed by atoms with Crippen molar-refractivity contribution in [2.45, 2.75) is 33.2 Å². The molecule has 0 saturated carbocycles. The predicted octanol–water partition coefficient (Wildman–Crippen LogP) is 4.67. The second-order valence-corrected chi connectivity index (χ2v) is 6.71. The zero-order chi connectivity index (χ0) is 15.4. The van der Waals surface area contributed by atoms with Crippen LogP contribution in [0.1, 0.15) is 23.9 Å². The second kappa shape index (κ2) is 5.54. The third-order valence-electron chi connectivity index (χ3n) is 1.96. The monoisotopic (exact) mass is 331 g/mol. The molecule has 1 aromatic rings. The van der Waals surface area contributed by atoms with Gasteiger partial charge in [0.25, 0.3) is 0 Å². The summed E-state index contributed by atoms with van der Waals surface area (Å²) in [7, 11) is -10.7. The van der Waals surface area contributed by atoms with E-state index in [1.165, 1.54) is 17.0 Å². The van der Waals surface area contributed by atoms with Crippen LogP contribution in [0.2, 0.25) is 0 Å². The minimum atomic E-state index is -10.7. The van der Waals surface area contributed by atoms with Gasteiger partial charge in [-0.1, -0.05) is 18.3 Å². The number of aliphatic hydroxyl groups excluding tert-OH is 1. The molecule has 1 heterocycles. The van der Waals surface area contributed by atoms with Crippen LogP contribution >= 0.6 is 19.1 Å². The Labute approximate surface area is 110 Å². The van der Waals surface area contributed by atoms with E-state index in [1.807, 2.05) is 0 Å². The Balaban J connectivity index is 0.000000399. The van der Waals surface area contributed by atoms with Gasteiger partial charge in [-0.2, -0.15) is 4.57 Å². The number of hydrogen-bond acceptors (Lipinski definition) is 2. The Hall–Kier alpha value is -0.400. The summed E-state index contributed by atoms with van der Waals surface area (Å²) in [5.74, 6) is 0. The van der Waals surface area contributed by atoms with Crippen molar-refractivity contribution in [1.82, 2.24) is 0 Å². The van der Waals surface area contributed by atoms with E-state index in [9.17, 15) is 25.2 Å². The summed E-state index contributed by atoms with van der Waals surface area (Å²) >= 11 is 1.74. The molecule has 2 nitrogen and oxygen atoms in total. The zero-order valence-electron chi connectivity index (χ0n) is 10.4. The van der Waals surface area contributed by atoms with Gasteiger partial charge in [0.2, 0.25) is 5.51 Å². The normalized spacial score (nSPS) is 15.2. The third-order valence-corrected chi connectivity index (χ3v) is 3.10. The van der Waals surface area contributed by atoms with Crippen molar-refractivity contribution < 1.29 is 34.9 Å². The van der Waals surface area contributed by atoms with Crippen molar-refractivity contribution in [2.24, 2.45) is 0 Å². The van der Waals surface area contributed by atoms with Crippen molar-refractivity contribution in [3.63, 3.8) is 0 Å². The van der Waals surface area contributed by atoms with E-state index in [1.54, 1.807) is 11.3 Å². The van der Waals surface area contributed by atoms with Crippen molar-refractivity contribution >= 4 is 19.1 Å². The quantitative estimate of drug-likeness (QED) is 0.484. The third kappa shape index (κ3) is 12.4. The van der Waals surface area contributed by atoms with E-state index in [4.69, 9.17) is 5.11 Å². The molecule has 0 spiro atoms. The Bertz CT molecular complexity index is 380. The van der Waals surface area contributed by atoms with Crippen LogP contribution < -0.4 is 4.57 Å². The van der Waals surface area contributed by atoms with Crippen LogP contribution in [0.5, 0.6) is 0 Å². The van der Waals surface area contributed by atoms with Gasteiger partial charge < -0.3 is 5.11 Å². The van der Waals surface area contributed by atoms with Crippen molar-refractivity contribution in [3.8, 4) is 0 Å². The van der Waals surface area contributed by atoms with Crippen LogP contribution in [0, 0.1) is 6.92 Å². The zero-order valence-corrected chi connectivity index (χ0v) is 12.1. The molecule has 0 radical (unpaired) electrons. The van der Waals surface area contributed by atoms with Crippen LogP contribution in [-0.4, -0.2) is 11.7 Å². The minimum absolute atomic E-state index is 0.257. The summed E-state index contributed by atoms with van der Waals surface area (Å²) < 4.78 is 61.5. The van der Waals surface area contributed by atoms with Gasteiger partial charge in [-0.05, 0) is 0 Å². The molecule has 0 aromatic carbocycles. The van der Waals surface area contributed by atoms with E-state index in [2.05, 4.69) is 23.9 Å². The summed E-state index contributed by atoms with van der Waals surface area (Å²) in [5, 5.41) is 8.78.